The maximum atomic E-state index is 12.5. The lowest BCUT2D eigenvalue weighted by atomic mass is 10.0. The van der Waals surface area contributed by atoms with Crippen LogP contribution >= 0.6 is 0 Å². The Kier molecular flexibility index (Phi) is 6.80. The first-order chi connectivity index (χ1) is 12.0. The van der Waals surface area contributed by atoms with Crippen LogP contribution in [0.4, 0.5) is 4.79 Å². The van der Waals surface area contributed by atoms with Crippen LogP contribution in [0.5, 0.6) is 0 Å². The highest BCUT2D eigenvalue weighted by Crippen LogP contribution is 2.21. The molecular weight excluding hydrogens is 326 g/mol. The molecule has 1 saturated heterocycles. The Bertz CT molecular complexity index is 603. The maximum absolute atomic E-state index is 12.5. The van der Waals surface area contributed by atoms with Gasteiger partial charge in [-0.05, 0) is 18.4 Å². The van der Waals surface area contributed by atoms with Crippen molar-refractivity contribution in [2.45, 2.75) is 45.4 Å². The highest BCUT2D eigenvalue weighted by Gasteiger charge is 2.34. The summed E-state index contributed by atoms with van der Waals surface area (Å²) in [6.45, 7) is 3.13. The van der Waals surface area contributed by atoms with Gasteiger partial charge in [0.05, 0.1) is 12.6 Å². The molecule has 2 rings (SSSR count). The molecule has 0 unspecified atom stereocenters. The third kappa shape index (κ3) is 6.10. The molecule has 0 saturated carbocycles. The summed E-state index contributed by atoms with van der Waals surface area (Å²) in [5.41, 5.74) is 0.876. The lowest BCUT2D eigenvalue weighted by molar-refractivity contribution is -0.150. The lowest BCUT2D eigenvalue weighted by Gasteiger charge is -2.37. The van der Waals surface area contributed by atoms with Gasteiger partial charge in [0.1, 0.15) is 19.3 Å². The Morgan fingerprint density at radius 1 is 1.04 bits per heavy atom. The van der Waals surface area contributed by atoms with Gasteiger partial charge in [-0.25, -0.2) is 4.79 Å². The number of ether oxygens (including phenoxy) is 3. The molecule has 0 spiro atoms. The molecule has 1 aromatic carbocycles. The molecule has 1 heterocycles. The number of nitrogens with zero attached hydrogens (tertiary/aromatic N) is 1. The van der Waals surface area contributed by atoms with E-state index in [0.717, 1.165) is 5.56 Å². The van der Waals surface area contributed by atoms with Gasteiger partial charge in [0, 0.05) is 13.8 Å². The zero-order chi connectivity index (χ0) is 18.2. The molecule has 0 bridgehead atoms. The highest BCUT2D eigenvalue weighted by molar-refractivity contribution is 5.69. The van der Waals surface area contributed by atoms with E-state index in [2.05, 4.69) is 0 Å². The zero-order valence-corrected chi connectivity index (χ0v) is 14.5. The number of likely N-dealkylation sites (tertiary alicyclic amines) is 1. The van der Waals surface area contributed by atoms with Crippen molar-refractivity contribution in [1.29, 1.82) is 0 Å². The molecule has 136 valence electrons. The fourth-order valence-electron chi connectivity index (χ4n) is 2.74. The summed E-state index contributed by atoms with van der Waals surface area (Å²) in [5.74, 6) is -0.791. The zero-order valence-electron chi connectivity index (χ0n) is 14.5. The average Bonchev–Trinajstić information content (AvgIpc) is 2.58. The van der Waals surface area contributed by atoms with Crippen molar-refractivity contribution in [2.24, 2.45) is 0 Å². The largest absolute Gasteiger partial charge is 0.464 e. The molecule has 1 aromatic rings. The summed E-state index contributed by atoms with van der Waals surface area (Å²) < 4.78 is 15.6. The van der Waals surface area contributed by atoms with Gasteiger partial charge in [-0.3, -0.25) is 14.5 Å². The van der Waals surface area contributed by atoms with Gasteiger partial charge in [-0.15, -0.1) is 0 Å². The Morgan fingerprint density at radius 2 is 1.76 bits per heavy atom. The number of amides is 1. The number of carbonyl (C=O) groups excluding carboxylic acids is 3. The summed E-state index contributed by atoms with van der Waals surface area (Å²) in [6.07, 6.45) is 0.271. The normalized spacial score (nSPS) is 19.8. The van der Waals surface area contributed by atoms with Crippen LogP contribution in [0.15, 0.2) is 30.3 Å². The Hall–Kier alpha value is -2.57. The summed E-state index contributed by atoms with van der Waals surface area (Å²) >= 11 is 0. The minimum Gasteiger partial charge on any atom is -0.464 e. The number of carbonyl (C=O) groups is 3. The minimum absolute atomic E-state index is 0.0998. The van der Waals surface area contributed by atoms with E-state index in [1.165, 1.54) is 18.7 Å². The average molecular weight is 349 g/mol. The van der Waals surface area contributed by atoms with Crippen LogP contribution in [0.2, 0.25) is 0 Å². The summed E-state index contributed by atoms with van der Waals surface area (Å²) in [5, 5.41) is 0. The first-order valence-corrected chi connectivity index (χ1v) is 8.23. The van der Waals surface area contributed by atoms with Crippen LogP contribution < -0.4 is 0 Å². The Balaban J connectivity index is 1.98. The fraction of sp³-hybridized carbons (Fsp3) is 0.500. The second-order valence-electron chi connectivity index (χ2n) is 5.96. The van der Waals surface area contributed by atoms with E-state index in [4.69, 9.17) is 14.2 Å². The maximum Gasteiger partial charge on any atom is 0.410 e. The molecule has 7 nitrogen and oxygen atoms in total. The highest BCUT2D eigenvalue weighted by atomic mass is 16.6. The number of benzene rings is 1. The van der Waals surface area contributed by atoms with Crippen molar-refractivity contribution in [3.63, 3.8) is 0 Å². The summed E-state index contributed by atoms with van der Waals surface area (Å²) in [7, 11) is 0. The standard InChI is InChI=1S/C18H23NO6/c1-13(20)23-12-16-8-9-17(25-14(2)21)10-19(16)18(22)24-11-15-6-4-3-5-7-15/h3-7,16-17H,8-12H2,1-2H3/t16-,17+/m0/s1. The topological polar surface area (TPSA) is 82.1 Å². The molecule has 1 aliphatic heterocycles. The van der Waals surface area contributed by atoms with Gasteiger partial charge in [0.2, 0.25) is 0 Å². The van der Waals surface area contributed by atoms with Gasteiger partial charge >= 0.3 is 18.0 Å². The van der Waals surface area contributed by atoms with E-state index in [9.17, 15) is 14.4 Å². The number of piperidine rings is 1. The van der Waals surface area contributed by atoms with E-state index in [0.29, 0.717) is 12.8 Å². The molecule has 0 aromatic heterocycles. The molecule has 0 aliphatic carbocycles. The molecule has 1 fully saturated rings. The van der Waals surface area contributed by atoms with Gasteiger partial charge in [-0.1, -0.05) is 30.3 Å². The smallest absolute Gasteiger partial charge is 0.410 e. The van der Waals surface area contributed by atoms with E-state index in [1.54, 1.807) is 0 Å². The van der Waals surface area contributed by atoms with Crippen molar-refractivity contribution in [3.05, 3.63) is 35.9 Å². The first kappa shape index (κ1) is 18.8. The van der Waals surface area contributed by atoms with Crippen molar-refractivity contribution in [1.82, 2.24) is 4.90 Å². The van der Waals surface area contributed by atoms with Crippen LogP contribution in [-0.2, 0) is 30.4 Å². The van der Waals surface area contributed by atoms with Crippen molar-refractivity contribution in [2.75, 3.05) is 13.2 Å². The van der Waals surface area contributed by atoms with Gasteiger partial charge in [-0.2, -0.15) is 0 Å². The van der Waals surface area contributed by atoms with E-state index < -0.39 is 12.1 Å². The van der Waals surface area contributed by atoms with Gasteiger partial charge in [0.15, 0.2) is 0 Å². The molecule has 0 N–H and O–H groups in total. The second-order valence-corrected chi connectivity index (χ2v) is 5.96. The summed E-state index contributed by atoms with van der Waals surface area (Å²) in [4.78, 5) is 36.2. The SMILES string of the molecule is CC(=O)OC[C@@H]1CC[C@@H](OC(C)=O)CN1C(=O)OCc1ccccc1. The predicted molar refractivity (Wildman–Crippen MR) is 88.5 cm³/mol. The van der Waals surface area contributed by atoms with Crippen LogP contribution in [0.25, 0.3) is 0 Å². The van der Waals surface area contributed by atoms with Crippen molar-refractivity contribution < 1.29 is 28.6 Å². The minimum atomic E-state index is -0.516. The van der Waals surface area contributed by atoms with Crippen molar-refractivity contribution >= 4 is 18.0 Å². The van der Waals surface area contributed by atoms with Crippen LogP contribution in [0.1, 0.15) is 32.3 Å². The Labute approximate surface area is 146 Å². The second kappa shape index (κ2) is 9.05. The monoisotopic (exact) mass is 349 g/mol. The Morgan fingerprint density at radius 3 is 2.40 bits per heavy atom. The molecule has 7 heteroatoms. The van der Waals surface area contributed by atoms with E-state index in [-0.39, 0.29) is 37.9 Å². The quantitative estimate of drug-likeness (QED) is 0.599. The van der Waals surface area contributed by atoms with Crippen LogP contribution in [0, 0.1) is 0 Å². The first-order valence-electron chi connectivity index (χ1n) is 8.23. The predicted octanol–water partition coefficient (Wildman–Crippen LogP) is 2.28. The third-order valence-corrected chi connectivity index (χ3v) is 3.91. The number of rotatable bonds is 5. The molecule has 1 aliphatic rings. The molecule has 2 atom stereocenters. The fourth-order valence-corrected chi connectivity index (χ4v) is 2.74. The van der Waals surface area contributed by atoms with Gasteiger partial charge < -0.3 is 14.2 Å². The van der Waals surface area contributed by atoms with E-state index >= 15 is 0 Å². The molecular formula is C18H23NO6. The summed E-state index contributed by atoms with van der Waals surface area (Å²) in [6, 6.07) is 9.05. The number of hydrogen-bond donors (Lipinski definition) is 0. The third-order valence-electron chi connectivity index (χ3n) is 3.91. The number of hydrogen-bond acceptors (Lipinski definition) is 6. The number of esters is 2. The van der Waals surface area contributed by atoms with E-state index in [1.807, 2.05) is 30.3 Å². The van der Waals surface area contributed by atoms with Crippen LogP contribution in [0.3, 0.4) is 0 Å². The van der Waals surface area contributed by atoms with Gasteiger partial charge in [0.25, 0.3) is 0 Å². The molecule has 0 radical (unpaired) electrons. The molecule has 1 amide bonds. The van der Waals surface area contributed by atoms with Crippen molar-refractivity contribution in [3.8, 4) is 0 Å². The van der Waals surface area contributed by atoms with Crippen LogP contribution in [-0.4, -0.2) is 48.2 Å². The lowest BCUT2D eigenvalue weighted by Crippen LogP contribution is -2.51. The molecule has 25 heavy (non-hydrogen) atoms.